The minimum absolute atomic E-state index is 0.158. The summed E-state index contributed by atoms with van der Waals surface area (Å²) in [5.74, 6) is 5.49. The van der Waals surface area contributed by atoms with Gasteiger partial charge in [-0.3, -0.25) is 10.2 Å². The molecule has 0 saturated heterocycles. The Morgan fingerprint density at radius 1 is 1.53 bits per heavy atom. The standard InChI is InChI=1S/C9H12BrN3OS/c10-7-5-6(11)1-2-8(7)15-4-3-9(14)13-12/h1-2,5H,3-4,11-12H2,(H,13,14). The number of thioether (sulfide) groups is 1. The maximum Gasteiger partial charge on any atom is 0.234 e. The van der Waals surface area contributed by atoms with Gasteiger partial charge in [0.25, 0.3) is 0 Å². The van der Waals surface area contributed by atoms with Crippen LogP contribution in [-0.2, 0) is 4.79 Å². The molecule has 0 radical (unpaired) electrons. The number of nitrogens with one attached hydrogen (secondary N) is 1. The molecule has 1 aromatic rings. The monoisotopic (exact) mass is 289 g/mol. The number of hydrogen-bond acceptors (Lipinski definition) is 4. The fourth-order valence-corrected chi connectivity index (χ4v) is 2.57. The number of nitrogen functional groups attached to an aromatic ring is 1. The number of rotatable bonds is 4. The highest BCUT2D eigenvalue weighted by Crippen LogP contribution is 2.29. The zero-order valence-electron chi connectivity index (χ0n) is 8.00. The molecule has 0 atom stereocenters. The van der Waals surface area contributed by atoms with Gasteiger partial charge in [0, 0.05) is 27.2 Å². The fourth-order valence-electron chi connectivity index (χ4n) is 0.960. The topological polar surface area (TPSA) is 81.1 Å². The summed E-state index contributed by atoms with van der Waals surface area (Å²) in [6.45, 7) is 0. The van der Waals surface area contributed by atoms with Crippen molar-refractivity contribution in [2.24, 2.45) is 5.84 Å². The van der Waals surface area contributed by atoms with E-state index in [1.807, 2.05) is 18.2 Å². The molecule has 0 spiro atoms. The lowest BCUT2D eigenvalue weighted by Crippen LogP contribution is -2.30. The van der Waals surface area contributed by atoms with Crippen molar-refractivity contribution in [2.45, 2.75) is 11.3 Å². The van der Waals surface area contributed by atoms with Crippen LogP contribution in [-0.4, -0.2) is 11.7 Å². The number of nitrogens with two attached hydrogens (primary N) is 2. The Morgan fingerprint density at radius 2 is 2.27 bits per heavy atom. The molecule has 0 heterocycles. The quantitative estimate of drug-likeness (QED) is 0.258. The minimum Gasteiger partial charge on any atom is -0.399 e. The Hall–Kier alpha value is -0.720. The van der Waals surface area contributed by atoms with Gasteiger partial charge >= 0.3 is 0 Å². The molecule has 15 heavy (non-hydrogen) atoms. The average Bonchev–Trinajstić information content (AvgIpc) is 2.21. The van der Waals surface area contributed by atoms with E-state index in [0.717, 1.165) is 9.37 Å². The van der Waals surface area contributed by atoms with Crippen LogP contribution in [0.4, 0.5) is 5.69 Å². The zero-order valence-corrected chi connectivity index (χ0v) is 10.4. The van der Waals surface area contributed by atoms with Gasteiger partial charge in [-0.1, -0.05) is 0 Å². The first-order valence-corrected chi connectivity index (χ1v) is 6.08. The molecule has 5 N–H and O–H groups in total. The summed E-state index contributed by atoms with van der Waals surface area (Å²) >= 11 is 4.99. The van der Waals surface area contributed by atoms with E-state index in [9.17, 15) is 4.79 Å². The molecule has 0 aliphatic carbocycles. The molecule has 0 saturated carbocycles. The molecule has 82 valence electrons. The molecule has 1 rings (SSSR count). The third-order valence-corrected chi connectivity index (χ3v) is 3.70. The van der Waals surface area contributed by atoms with Crippen LogP contribution in [0.1, 0.15) is 6.42 Å². The first-order valence-electron chi connectivity index (χ1n) is 4.30. The number of amides is 1. The summed E-state index contributed by atoms with van der Waals surface area (Å²) in [6.07, 6.45) is 0.401. The van der Waals surface area contributed by atoms with Crippen molar-refractivity contribution < 1.29 is 4.79 Å². The van der Waals surface area contributed by atoms with E-state index >= 15 is 0 Å². The fraction of sp³-hybridized carbons (Fsp3) is 0.222. The summed E-state index contributed by atoms with van der Waals surface area (Å²) in [6, 6.07) is 5.59. The highest BCUT2D eigenvalue weighted by molar-refractivity contribution is 9.10. The lowest BCUT2D eigenvalue weighted by atomic mass is 10.3. The van der Waals surface area contributed by atoms with E-state index in [2.05, 4.69) is 21.4 Å². The summed E-state index contributed by atoms with van der Waals surface area (Å²) in [4.78, 5) is 11.9. The zero-order chi connectivity index (χ0) is 11.3. The number of halogens is 1. The van der Waals surface area contributed by atoms with E-state index in [1.54, 1.807) is 11.8 Å². The third kappa shape index (κ3) is 4.11. The van der Waals surface area contributed by atoms with Gasteiger partial charge < -0.3 is 5.73 Å². The smallest absolute Gasteiger partial charge is 0.234 e. The van der Waals surface area contributed by atoms with Gasteiger partial charge in [0.15, 0.2) is 0 Å². The molecule has 0 bridgehead atoms. The van der Waals surface area contributed by atoms with Crippen molar-refractivity contribution >= 4 is 39.3 Å². The van der Waals surface area contributed by atoms with Gasteiger partial charge in [-0.15, -0.1) is 11.8 Å². The van der Waals surface area contributed by atoms with Crippen LogP contribution in [0.2, 0.25) is 0 Å². The Bertz CT molecular complexity index is 359. The highest BCUT2D eigenvalue weighted by Gasteiger charge is 2.03. The number of anilines is 1. The molecule has 0 aliphatic heterocycles. The minimum atomic E-state index is -0.158. The third-order valence-electron chi connectivity index (χ3n) is 1.70. The molecule has 0 aliphatic rings. The maximum atomic E-state index is 10.9. The predicted molar refractivity (Wildman–Crippen MR) is 66.2 cm³/mol. The predicted octanol–water partition coefficient (Wildman–Crippen LogP) is 1.50. The lowest BCUT2D eigenvalue weighted by molar-refractivity contribution is -0.120. The molecular weight excluding hydrogens is 278 g/mol. The van der Waals surface area contributed by atoms with Gasteiger partial charge in [0.2, 0.25) is 5.91 Å². The van der Waals surface area contributed by atoms with Crippen LogP contribution < -0.4 is 17.0 Å². The molecule has 0 unspecified atom stereocenters. The first-order chi connectivity index (χ1) is 7.13. The second kappa shape index (κ2) is 5.99. The van der Waals surface area contributed by atoms with Gasteiger partial charge in [-0.05, 0) is 34.1 Å². The maximum absolute atomic E-state index is 10.9. The number of hydrazine groups is 1. The van der Waals surface area contributed by atoms with E-state index in [4.69, 9.17) is 11.6 Å². The first kappa shape index (κ1) is 12.4. The normalized spacial score (nSPS) is 10.0. The summed E-state index contributed by atoms with van der Waals surface area (Å²) in [5.41, 5.74) is 8.41. The number of carbonyl (C=O) groups excluding carboxylic acids is 1. The highest BCUT2D eigenvalue weighted by atomic mass is 79.9. The van der Waals surface area contributed by atoms with Crippen molar-refractivity contribution in [3.05, 3.63) is 22.7 Å². The van der Waals surface area contributed by atoms with E-state index in [-0.39, 0.29) is 5.91 Å². The van der Waals surface area contributed by atoms with Gasteiger partial charge in [-0.25, -0.2) is 5.84 Å². The van der Waals surface area contributed by atoms with Crippen LogP contribution in [0.3, 0.4) is 0 Å². The number of hydrogen-bond donors (Lipinski definition) is 3. The van der Waals surface area contributed by atoms with Gasteiger partial charge in [-0.2, -0.15) is 0 Å². The Kier molecular flexibility index (Phi) is 4.93. The summed E-state index contributed by atoms with van der Waals surface area (Å²) < 4.78 is 0.945. The SMILES string of the molecule is NNC(=O)CCSc1ccc(N)cc1Br. The number of benzene rings is 1. The molecule has 1 aromatic carbocycles. The van der Waals surface area contributed by atoms with Crippen molar-refractivity contribution in [2.75, 3.05) is 11.5 Å². The molecular formula is C9H12BrN3OS. The summed E-state index contributed by atoms with van der Waals surface area (Å²) in [7, 11) is 0. The van der Waals surface area contributed by atoms with Crippen LogP contribution in [0.15, 0.2) is 27.6 Å². The van der Waals surface area contributed by atoms with E-state index in [0.29, 0.717) is 17.9 Å². The van der Waals surface area contributed by atoms with Crippen molar-refractivity contribution in [1.82, 2.24) is 5.43 Å². The van der Waals surface area contributed by atoms with Crippen LogP contribution in [0.5, 0.6) is 0 Å². The number of carbonyl (C=O) groups is 1. The Morgan fingerprint density at radius 3 is 2.87 bits per heavy atom. The van der Waals surface area contributed by atoms with E-state index in [1.165, 1.54) is 0 Å². The van der Waals surface area contributed by atoms with Crippen molar-refractivity contribution in [1.29, 1.82) is 0 Å². The van der Waals surface area contributed by atoms with Crippen LogP contribution in [0, 0.1) is 0 Å². The summed E-state index contributed by atoms with van der Waals surface area (Å²) in [5, 5.41) is 0. The molecule has 0 fully saturated rings. The Balaban J connectivity index is 2.47. The van der Waals surface area contributed by atoms with Crippen molar-refractivity contribution in [3.8, 4) is 0 Å². The van der Waals surface area contributed by atoms with Gasteiger partial charge in [0.05, 0.1) is 0 Å². The van der Waals surface area contributed by atoms with E-state index < -0.39 is 0 Å². The largest absolute Gasteiger partial charge is 0.399 e. The van der Waals surface area contributed by atoms with Crippen LogP contribution >= 0.6 is 27.7 Å². The second-order valence-corrected chi connectivity index (χ2v) is 4.85. The van der Waals surface area contributed by atoms with Crippen LogP contribution in [0.25, 0.3) is 0 Å². The molecule has 4 nitrogen and oxygen atoms in total. The molecule has 1 amide bonds. The Labute approximate surface area is 101 Å². The van der Waals surface area contributed by atoms with Crippen molar-refractivity contribution in [3.63, 3.8) is 0 Å². The molecule has 6 heteroatoms. The second-order valence-electron chi connectivity index (χ2n) is 2.86. The van der Waals surface area contributed by atoms with Gasteiger partial charge in [0.1, 0.15) is 0 Å². The average molecular weight is 290 g/mol. The molecule has 0 aromatic heterocycles. The lowest BCUT2D eigenvalue weighted by Gasteiger charge is -2.04.